The minimum atomic E-state index is 0.0615. The fourth-order valence-corrected chi connectivity index (χ4v) is 2.06. The van der Waals surface area contributed by atoms with E-state index in [2.05, 4.69) is 49.4 Å². The molecule has 96 valence electrons. The molecular formula is C16H21NO. The fraction of sp³-hybridized carbons (Fsp3) is 0.375. The number of fused-ring (bicyclic) bond motifs is 1. The van der Waals surface area contributed by atoms with Crippen molar-refractivity contribution < 1.29 is 4.74 Å². The van der Waals surface area contributed by atoms with E-state index < -0.39 is 0 Å². The van der Waals surface area contributed by atoms with Gasteiger partial charge in [0.2, 0.25) is 0 Å². The second kappa shape index (κ2) is 6.53. The number of ether oxygens (including phenoxy) is 1. The first-order valence-electron chi connectivity index (χ1n) is 6.63. The van der Waals surface area contributed by atoms with E-state index >= 15 is 0 Å². The molecule has 0 aliphatic heterocycles. The zero-order valence-corrected chi connectivity index (χ0v) is 10.9. The maximum Gasteiger partial charge on any atom is 0.0484 e. The van der Waals surface area contributed by atoms with E-state index in [1.807, 2.05) is 0 Å². The molecule has 0 heterocycles. The molecule has 2 aromatic carbocycles. The van der Waals surface area contributed by atoms with Crippen molar-refractivity contribution in [2.75, 3.05) is 13.2 Å². The van der Waals surface area contributed by atoms with Crippen LogP contribution in [0, 0.1) is 0 Å². The molecule has 2 aromatic rings. The molecule has 1 atom stereocenters. The summed E-state index contributed by atoms with van der Waals surface area (Å²) in [5.74, 6) is 0. The zero-order chi connectivity index (χ0) is 12.8. The Hall–Kier alpha value is -1.38. The van der Waals surface area contributed by atoms with Crippen LogP contribution in [-0.2, 0) is 4.74 Å². The molecule has 18 heavy (non-hydrogen) atoms. The van der Waals surface area contributed by atoms with E-state index in [0.29, 0.717) is 0 Å². The molecule has 1 unspecified atom stereocenters. The Kier molecular flexibility index (Phi) is 4.73. The molecule has 2 nitrogen and oxygen atoms in total. The largest absolute Gasteiger partial charge is 0.381 e. The van der Waals surface area contributed by atoms with Gasteiger partial charge in [0.25, 0.3) is 0 Å². The highest BCUT2D eigenvalue weighted by molar-refractivity contribution is 5.83. The molecule has 0 spiro atoms. The summed E-state index contributed by atoms with van der Waals surface area (Å²) in [7, 11) is 0. The van der Waals surface area contributed by atoms with Crippen molar-refractivity contribution >= 4 is 10.8 Å². The smallest absolute Gasteiger partial charge is 0.0484 e. The number of nitrogens with two attached hydrogens (primary N) is 1. The van der Waals surface area contributed by atoms with Crippen molar-refractivity contribution in [3.05, 3.63) is 48.0 Å². The van der Waals surface area contributed by atoms with E-state index in [4.69, 9.17) is 10.5 Å². The minimum absolute atomic E-state index is 0.0615. The topological polar surface area (TPSA) is 35.2 Å². The third kappa shape index (κ3) is 3.31. The normalized spacial score (nSPS) is 12.8. The van der Waals surface area contributed by atoms with Crippen molar-refractivity contribution in [3.8, 4) is 0 Å². The molecule has 2 N–H and O–H groups in total. The van der Waals surface area contributed by atoms with Crippen LogP contribution in [0.15, 0.2) is 42.5 Å². The van der Waals surface area contributed by atoms with Crippen LogP contribution in [0.3, 0.4) is 0 Å². The van der Waals surface area contributed by atoms with Crippen LogP contribution >= 0.6 is 0 Å². The van der Waals surface area contributed by atoms with Gasteiger partial charge in [-0.2, -0.15) is 0 Å². The summed E-state index contributed by atoms with van der Waals surface area (Å²) in [4.78, 5) is 0. The predicted molar refractivity (Wildman–Crippen MR) is 76.6 cm³/mol. The third-order valence-corrected chi connectivity index (χ3v) is 3.12. The quantitative estimate of drug-likeness (QED) is 0.786. The first-order valence-corrected chi connectivity index (χ1v) is 6.63. The van der Waals surface area contributed by atoms with E-state index in [-0.39, 0.29) is 6.04 Å². The molecule has 0 bridgehead atoms. The first kappa shape index (κ1) is 13.1. The summed E-state index contributed by atoms with van der Waals surface area (Å²) in [5, 5.41) is 2.51. The molecule has 0 saturated carbocycles. The van der Waals surface area contributed by atoms with E-state index in [1.54, 1.807) is 0 Å². The lowest BCUT2D eigenvalue weighted by Gasteiger charge is -2.13. The van der Waals surface area contributed by atoms with Gasteiger partial charge < -0.3 is 10.5 Å². The highest BCUT2D eigenvalue weighted by Gasteiger charge is 2.06. The van der Waals surface area contributed by atoms with Crippen molar-refractivity contribution in [2.45, 2.75) is 25.8 Å². The summed E-state index contributed by atoms with van der Waals surface area (Å²) >= 11 is 0. The minimum Gasteiger partial charge on any atom is -0.381 e. The van der Waals surface area contributed by atoms with E-state index in [9.17, 15) is 0 Å². The van der Waals surface area contributed by atoms with Gasteiger partial charge in [0.1, 0.15) is 0 Å². The monoisotopic (exact) mass is 243 g/mol. The SMILES string of the molecule is CCCOCCC(N)c1ccc2ccccc2c1. The summed E-state index contributed by atoms with van der Waals surface area (Å²) in [6, 6.07) is 14.9. The lowest BCUT2D eigenvalue weighted by atomic mass is 10.0. The van der Waals surface area contributed by atoms with Crippen LogP contribution in [0.4, 0.5) is 0 Å². The molecule has 0 aliphatic rings. The van der Waals surface area contributed by atoms with Gasteiger partial charge in [-0.15, -0.1) is 0 Å². The Bertz CT molecular complexity index is 495. The molecule has 0 aliphatic carbocycles. The van der Waals surface area contributed by atoms with Crippen LogP contribution in [0.25, 0.3) is 10.8 Å². The highest BCUT2D eigenvalue weighted by Crippen LogP contribution is 2.20. The highest BCUT2D eigenvalue weighted by atomic mass is 16.5. The van der Waals surface area contributed by atoms with Gasteiger partial charge >= 0.3 is 0 Å². The summed E-state index contributed by atoms with van der Waals surface area (Å²) in [6.07, 6.45) is 1.93. The van der Waals surface area contributed by atoms with Crippen molar-refractivity contribution in [1.29, 1.82) is 0 Å². The molecule has 0 radical (unpaired) electrons. The van der Waals surface area contributed by atoms with Gasteiger partial charge in [0.05, 0.1) is 0 Å². The number of hydrogen-bond donors (Lipinski definition) is 1. The second-order valence-corrected chi connectivity index (χ2v) is 4.61. The van der Waals surface area contributed by atoms with E-state index in [1.165, 1.54) is 16.3 Å². The fourth-order valence-electron chi connectivity index (χ4n) is 2.06. The van der Waals surface area contributed by atoms with E-state index in [0.717, 1.165) is 26.1 Å². The number of benzene rings is 2. The van der Waals surface area contributed by atoms with Gasteiger partial charge in [0, 0.05) is 19.3 Å². The molecular weight excluding hydrogens is 222 g/mol. The Morgan fingerprint density at radius 3 is 2.61 bits per heavy atom. The molecule has 0 saturated heterocycles. The van der Waals surface area contributed by atoms with Crippen LogP contribution in [0.2, 0.25) is 0 Å². The van der Waals surface area contributed by atoms with Crippen LogP contribution in [0.1, 0.15) is 31.4 Å². The van der Waals surface area contributed by atoms with Crippen molar-refractivity contribution in [1.82, 2.24) is 0 Å². The van der Waals surface area contributed by atoms with Crippen LogP contribution in [0.5, 0.6) is 0 Å². The summed E-state index contributed by atoms with van der Waals surface area (Å²) < 4.78 is 5.48. The maximum absolute atomic E-state index is 6.19. The van der Waals surface area contributed by atoms with Gasteiger partial charge in [-0.3, -0.25) is 0 Å². The Balaban J connectivity index is 2.01. The molecule has 2 heteroatoms. The molecule has 0 amide bonds. The molecule has 2 rings (SSSR count). The van der Waals surface area contributed by atoms with Crippen LogP contribution in [-0.4, -0.2) is 13.2 Å². The van der Waals surface area contributed by atoms with Gasteiger partial charge in [-0.25, -0.2) is 0 Å². The van der Waals surface area contributed by atoms with Crippen LogP contribution < -0.4 is 5.73 Å². The summed E-state index contributed by atoms with van der Waals surface area (Å²) in [5.41, 5.74) is 7.38. The predicted octanol–water partition coefficient (Wildman–Crippen LogP) is 3.66. The average Bonchev–Trinajstić information content (AvgIpc) is 2.43. The Morgan fingerprint density at radius 1 is 1.06 bits per heavy atom. The number of rotatable bonds is 6. The Labute approximate surface area is 109 Å². The first-order chi connectivity index (χ1) is 8.81. The van der Waals surface area contributed by atoms with Crippen molar-refractivity contribution in [3.63, 3.8) is 0 Å². The lowest BCUT2D eigenvalue weighted by molar-refractivity contribution is 0.128. The number of hydrogen-bond acceptors (Lipinski definition) is 2. The third-order valence-electron chi connectivity index (χ3n) is 3.12. The lowest BCUT2D eigenvalue weighted by Crippen LogP contribution is -2.13. The standard InChI is InChI=1S/C16H21NO/c1-2-10-18-11-9-16(17)15-8-7-13-5-3-4-6-14(13)12-15/h3-8,12,16H,2,9-11,17H2,1H3. The van der Waals surface area contributed by atoms with Gasteiger partial charge in [-0.05, 0) is 35.2 Å². The molecule has 0 aromatic heterocycles. The van der Waals surface area contributed by atoms with Crippen molar-refractivity contribution in [2.24, 2.45) is 5.73 Å². The second-order valence-electron chi connectivity index (χ2n) is 4.61. The van der Waals surface area contributed by atoms with Gasteiger partial charge in [0.15, 0.2) is 0 Å². The average molecular weight is 243 g/mol. The Morgan fingerprint density at radius 2 is 1.83 bits per heavy atom. The zero-order valence-electron chi connectivity index (χ0n) is 10.9. The van der Waals surface area contributed by atoms with Gasteiger partial charge in [-0.1, -0.05) is 43.3 Å². The maximum atomic E-state index is 6.19. The molecule has 0 fully saturated rings. The summed E-state index contributed by atoms with van der Waals surface area (Å²) in [6.45, 7) is 3.68.